The Balaban J connectivity index is 1.39. The van der Waals surface area contributed by atoms with Crippen molar-refractivity contribution in [3.63, 3.8) is 0 Å². The van der Waals surface area contributed by atoms with Crippen LogP contribution < -0.4 is 9.62 Å². The van der Waals surface area contributed by atoms with E-state index in [-0.39, 0.29) is 23.4 Å². The smallest absolute Gasteiger partial charge is 0.264 e. The van der Waals surface area contributed by atoms with Crippen LogP contribution in [0.5, 0.6) is 0 Å². The van der Waals surface area contributed by atoms with Gasteiger partial charge >= 0.3 is 0 Å². The van der Waals surface area contributed by atoms with E-state index in [1.807, 2.05) is 36.4 Å². The van der Waals surface area contributed by atoms with Gasteiger partial charge in [0.15, 0.2) is 0 Å². The summed E-state index contributed by atoms with van der Waals surface area (Å²) >= 11 is 9.58. The maximum Gasteiger partial charge on any atom is 0.264 e. The Morgan fingerprint density at radius 1 is 0.921 bits per heavy atom. The van der Waals surface area contributed by atoms with Gasteiger partial charge in [0.2, 0.25) is 0 Å². The van der Waals surface area contributed by atoms with Crippen molar-refractivity contribution in [1.82, 2.24) is 5.32 Å². The van der Waals surface area contributed by atoms with Gasteiger partial charge in [0.25, 0.3) is 15.9 Å². The van der Waals surface area contributed by atoms with Crippen molar-refractivity contribution in [1.29, 1.82) is 0 Å². The van der Waals surface area contributed by atoms with E-state index in [1.54, 1.807) is 36.4 Å². The number of amides is 1. The number of nitrogens with zero attached hydrogens (tertiary/aromatic N) is 1. The zero-order valence-corrected chi connectivity index (χ0v) is 23.6. The summed E-state index contributed by atoms with van der Waals surface area (Å²) in [5.74, 6) is -0.284. The second-order valence-corrected chi connectivity index (χ2v) is 12.5. The molecule has 0 radical (unpaired) electrons. The lowest BCUT2D eigenvalue weighted by atomic mass is 9.88. The molecule has 1 amide bonds. The summed E-state index contributed by atoms with van der Waals surface area (Å²) in [4.78, 5) is 13.2. The minimum absolute atomic E-state index is 0.0138. The van der Waals surface area contributed by atoms with Crippen molar-refractivity contribution in [2.75, 3.05) is 4.31 Å². The van der Waals surface area contributed by atoms with Crippen LogP contribution in [-0.2, 0) is 29.4 Å². The molecule has 0 aromatic heterocycles. The minimum Gasteiger partial charge on any atom is -0.349 e. The highest BCUT2D eigenvalue weighted by molar-refractivity contribution is 9.10. The average Bonchev–Trinajstić information content (AvgIpc) is 2.93. The maximum atomic E-state index is 13.9. The largest absolute Gasteiger partial charge is 0.349 e. The van der Waals surface area contributed by atoms with Crippen molar-refractivity contribution >= 4 is 49.1 Å². The van der Waals surface area contributed by atoms with Crippen molar-refractivity contribution in [3.05, 3.63) is 129 Å². The molecule has 0 bridgehead atoms. The molecule has 0 spiro atoms. The lowest BCUT2D eigenvalue weighted by molar-refractivity contribution is 0.0933. The molecule has 0 saturated heterocycles. The summed E-state index contributed by atoms with van der Waals surface area (Å²) in [6.07, 6.45) is 2.45. The molecule has 1 aliphatic rings. The molecular weight excluding hydrogens is 584 g/mol. The van der Waals surface area contributed by atoms with Gasteiger partial charge in [0, 0.05) is 21.1 Å². The highest BCUT2D eigenvalue weighted by atomic mass is 79.9. The first-order chi connectivity index (χ1) is 18.3. The lowest BCUT2D eigenvalue weighted by Crippen LogP contribution is -2.39. The molecule has 1 unspecified atom stereocenters. The number of rotatable bonds is 7. The number of halogens is 2. The predicted octanol–water partition coefficient (Wildman–Crippen LogP) is 6.79. The van der Waals surface area contributed by atoms with Gasteiger partial charge in [-0.15, -0.1) is 0 Å². The Morgan fingerprint density at radius 2 is 1.68 bits per heavy atom. The Labute approximate surface area is 236 Å². The fourth-order valence-corrected chi connectivity index (χ4v) is 6.75. The highest BCUT2D eigenvalue weighted by Gasteiger charge is 2.27. The van der Waals surface area contributed by atoms with Gasteiger partial charge in [-0.05, 0) is 90.6 Å². The topological polar surface area (TPSA) is 66.5 Å². The Kier molecular flexibility index (Phi) is 7.88. The molecule has 0 saturated carbocycles. The van der Waals surface area contributed by atoms with E-state index in [1.165, 1.54) is 27.6 Å². The Hall–Kier alpha value is -3.13. The summed E-state index contributed by atoms with van der Waals surface area (Å²) in [7, 11) is -3.99. The number of carbonyl (C=O) groups excluding carboxylic acids is 1. The number of nitrogens with one attached hydrogen (secondary N) is 1. The SMILES string of the molecule is O=C(NC1CCc2cc(Br)ccc2C1)c1cccc(S(=O)(=O)N(Cc2ccccc2)c2ccc(Cl)cc2)c1. The number of hydrogen-bond acceptors (Lipinski definition) is 3. The van der Waals surface area contributed by atoms with Crippen molar-refractivity contribution in [2.45, 2.75) is 36.7 Å². The van der Waals surface area contributed by atoms with Crippen LogP contribution in [-0.4, -0.2) is 20.4 Å². The molecule has 1 aliphatic carbocycles. The predicted molar refractivity (Wildman–Crippen MR) is 155 cm³/mol. The number of sulfonamides is 1. The second-order valence-electron chi connectivity index (χ2n) is 9.33. The Bertz CT molecular complexity index is 1560. The van der Waals surface area contributed by atoms with E-state index >= 15 is 0 Å². The minimum atomic E-state index is -3.99. The van der Waals surface area contributed by atoms with Crippen LogP contribution in [0.3, 0.4) is 0 Å². The van der Waals surface area contributed by atoms with Gasteiger partial charge in [0.1, 0.15) is 0 Å². The van der Waals surface area contributed by atoms with Crippen LogP contribution in [0.25, 0.3) is 0 Å². The fraction of sp³-hybridized carbons (Fsp3) is 0.167. The maximum absolute atomic E-state index is 13.9. The first-order valence-electron chi connectivity index (χ1n) is 12.3. The zero-order valence-electron chi connectivity index (χ0n) is 20.5. The molecule has 5 nitrogen and oxygen atoms in total. The van der Waals surface area contributed by atoms with Gasteiger partial charge in [-0.1, -0.05) is 70.0 Å². The van der Waals surface area contributed by atoms with E-state index in [2.05, 4.69) is 33.4 Å². The fourth-order valence-electron chi connectivity index (χ4n) is 4.71. The number of benzene rings is 4. The standard InChI is InChI=1S/C30H26BrClN2O3S/c31-25-11-9-23-18-27(14-10-22(23)17-25)33-30(35)24-7-4-8-29(19-24)38(36,37)34(20-21-5-2-1-3-6-21)28-15-12-26(32)13-16-28/h1-9,11-13,15-17,19,27H,10,14,18,20H2,(H,33,35). The van der Waals surface area contributed by atoms with Gasteiger partial charge in [-0.2, -0.15) is 0 Å². The molecular formula is C30H26BrClN2O3S. The molecule has 0 fully saturated rings. The van der Waals surface area contributed by atoms with Crippen LogP contribution in [0.4, 0.5) is 5.69 Å². The van der Waals surface area contributed by atoms with Gasteiger partial charge in [-0.3, -0.25) is 9.10 Å². The van der Waals surface area contributed by atoms with Crippen molar-refractivity contribution in [3.8, 4) is 0 Å². The number of anilines is 1. The van der Waals surface area contributed by atoms with Crippen LogP contribution in [0, 0.1) is 0 Å². The molecule has 0 heterocycles. The lowest BCUT2D eigenvalue weighted by Gasteiger charge is -2.26. The molecule has 194 valence electrons. The summed E-state index contributed by atoms with van der Waals surface area (Å²) in [5.41, 5.74) is 4.15. The summed E-state index contributed by atoms with van der Waals surface area (Å²) in [6, 6.07) is 28.5. The summed E-state index contributed by atoms with van der Waals surface area (Å²) in [6.45, 7) is 0.138. The monoisotopic (exact) mass is 608 g/mol. The van der Waals surface area contributed by atoms with E-state index in [4.69, 9.17) is 11.6 Å². The molecule has 1 atom stereocenters. The molecule has 4 aromatic rings. The van der Waals surface area contributed by atoms with E-state index in [0.29, 0.717) is 16.3 Å². The second kappa shape index (κ2) is 11.3. The Morgan fingerprint density at radius 3 is 2.45 bits per heavy atom. The molecule has 38 heavy (non-hydrogen) atoms. The number of hydrogen-bond donors (Lipinski definition) is 1. The average molecular weight is 610 g/mol. The van der Waals surface area contributed by atoms with Crippen molar-refractivity contribution < 1.29 is 13.2 Å². The van der Waals surface area contributed by atoms with Gasteiger partial charge < -0.3 is 5.32 Å². The molecule has 0 aliphatic heterocycles. The van der Waals surface area contributed by atoms with E-state index < -0.39 is 10.0 Å². The summed E-state index contributed by atoms with van der Waals surface area (Å²) in [5, 5.41) is 3.62. The quantitative estimate of drug-likeness (QED) is 0.251. The number of carbonyl (C=O) groups is 1. The van der Waals surface area contributed by atoms with Crippen LogP contribution >= 0.6 is 27.5 Å². The zero-order chi connectivity index (χ0) is 26.7. The third kappa shape index (κ3) is 5.96. The first kappa shape index (κ1) is 26.5. The number of aryl methyl sites for hydroxylation is 1. The highest BCUT2D eigenvalue weighted by Crippen LogP contribution is 2.28. The van der Waals surface area contributed by atoms with Crippen LogP contribution in [0.1, 0.15) is 33.5 Å². The molecule has 1 N–H and O–H groups in total. The first-order valence-corrected chi connectivity index (χ1v) is 14.9. The molecule has 8 heteroatoms. The molecule has 5 rings (SSSR count). The number of fused-ring (bicyclic) bond motifs is 1. The van der Waals surface area contributed by atoms with Crippen LogP contribution in [0.15, 0.2) is 106 Å². The third-order valence-electron chi connectivity index (χ3n) is 6.70. The summed E-state index contributed by atoms with van der Waals surface area (Å²) < 4.78 is 30.2. The van der Waals surface area contributed by atoms with Gasteiger partial charge in [0.05, 0.1) is 17.1 Å². The van der Waals surface area contributed by atoms with E-state index in [0.717, 1.165) is 29.3 Å². The van der Waals surface area contributed by atoms with Gasteiger partial charge in [-0.25, -0.2) is 8.42 Å². The third-order valence-corrected chi connectivity index (χ3v) is 9.21. The molecule has 4 aromatic carbocycles. The van der Waals surface area contributed by atoms with E-state index in [9.17, 15) is 13.2 Å². The van der Waals surface area contributed by atoms with Crippen molar-refractivity contribution in [2.24, 2.45) is 0 Å². The van der Waals surface area contributed by atoms with Crippen LogP contribution in [0.2, 0.25) is 5.02 Å². The normalized spacial score (nSPS) is 14.9.